The summed E-state index contributed by atoms with van der Waals surface area (Å²) in [5, 5.41) is 9.50. The second-order valence-corrected chi connectivity index (χ2v) is 5.07. The number of aliphatic carboxylic acids is 1. The van der Waals surface area contributed by atoms with E-state index in [1.54, 1.807) is 0 Å². The van der Waals surface area contributed by atoms with E-state index in [9.17, 15) is 9.90 Å². The van der Waals surface area contributed by atoms with E-state index in [0.717, 1.165) is 12.0 Å². The summed E-state index contributed by atoms with van der Waals surface area (Å²) in [4.78, 5) is 11.5. The highest BCUT2D eigenvalue weighted by Gasteiger charge is 2.34. The normalized spacial score (nSPS) is 21.7. The molecular weight excluding hydrogens is 236 g/mol. The molecule has 1 aliphatic carbocycles. The van der Waals surface area contributed by atoms with Crippen LogP contribution in [0.25, 0.3) is 0 Å². The van der Waals surface area contributed by atoms with Crippen molar-refractivity contribution in [2.24, 2.45) is 5.92 Å². The molecule has 2 heteroatoms. The lowest BCUT2D eigenvalue weighted by atomic mass is 9.72. The van der Waals surface area contributed by atoms with Crippen molar-refractivity contribution in [2.75, 3.05) is 0 Å². The molecule has 0 fully saturated rings. The maximum Gasteiger partial charge on any atom is 0.307 e. The van der Waals surface area contributed by atoms with Crippen LogP contribution >= 0.6 is 0 Å². The van der Waals surface area contributed by atoms with E-state index in [0.29, 0.717) is 6.42 Å². The van der Waals surface area contributed by atoms with E-state index >= 15 is 0 Å². The first-order valence-electron chi connectivity index (χ1n) is 6.63. The van der Waals surface area contributed by atoms with Crippen LogP contribution in [0.3, 0.4) is 0 Å². The number of hydrogen-bond donors (Lipinski definition) is 1. The Kier molecular flexibility index (Phi) is 3.08. The Balaban J connectivity index is 2.13. The van der Waals surface area contributed by atoms with Crippen LogP contribution in [0.2, 0.25) is 0 Å². The van der Waals surface area contributed by atoms with Crippen LogP contribution in [0.5, 0.6) is 0 Å². The summed E-state index contributed by atoms with van der Waals surface area (Å²) in [5.41, 5.74) is 3.56. The third-order valence-corrected chi connectivity index (χ3v) is 3.99. The van der Waals surface area contributed by atoms with Crippen LogP contribution in [0.1, 0.15) is 29.0 Å². The third kappa shape index (κ3) is 2.14. The molecule has 2 unspecified atom stereocenters. The van der Waals surface area contributed by atoms with Gasteiger partial charge in [0.25, 0.3) is 0 Å². The molecule has 2 nitrogen and oxygen atoms in total. The molecular formula is C17H16O2. The van der Waals surface area contributed by atoms with Crippen molar-refractivity contribution < 1.29 is 9.90 Å². The highest BCUT2D eigenvalue weighted by molar-refractivity contribution is 5.73. The lowest BCUT2D eigenvalue weighted by Gasteiger charge is -2.31. The number of rotatable bonds is 2. The zero-order chi connectivity index (χ0) is 13.2. The maximum atomic E-state index is 11.5. The smallest absolute Gasteiger partial charge is 0.307 e. The number of carboxylic acids is 1. The highest BCUT2D eigenvalue weighted by atomic mass is 16.4. The monoisotopic (exact) mass is 252 g/mol. The van der Waals surface area contributed by atoms with Crippen molar-refractivity contribution in [1.82, 2.24) is 0 Å². The Morgan fingerprint density at radius 2 is 1.68 bits per heavy atom. The summed E-state index contributed by atoms with van der Waals surface area (Å²) in [6.07, 6.45) is 1.57. The van der Waals surface area contributed by atoms with Gasteiger partial charge in [0, 0.05) is 5.92 Å². The number of carbonyl (C=O) groups is 1. The van der Waals surface area contributed by atoms with Crippen LogP contribution < -0.4 is 0 Å². The van der Waals surface area contributed by atoms with Gasteiger partial charge in [0.1, 0.15) is 0 Å². The van der Waals surface area contributed by atoms with E-state index in [-0.39, 0.29) is 11.8 Å². The number of aryl methyl sites for hydroxylation is 1. The van der Waals surface area contributed by atoms with E-state index < -0.39 is 5.97 Å². The second-order valence-electron chi connectivity index (χ2n) is 5.07. The molecule has 0 saturated carbocycles. The van der Waals surface area contributed by atoms with Gasteiger partial charge in [-0.05, 0) is 29.5 Å². The summed E-state index contributed by atoms with van der Waals surface area (Å²) in [6.45, 7) is 0. The molecule has 1 N–H and O–H groups in total. The molecule has 96 valence electrons. The van der Waals surface area contributed by atoms with Gasteiger partial charge in [-0.15, -0.1) is 0 Å². The minimum absolute atomic E-state index is 0.0244. The molecule has 0 spiro atoms. The molecule has 19 heavy (non-hydrogen) atoms. The van der Waals surface area contributed by atoms with Gasteiger partial charge in [0.05, 0.1) is 5.92 Å². The molecule has 0 saturated heterocycles. The van der Waals surface area contributed by atoms with Gasteiger partial charge in [0.15, 0.2) is 0 Å². The van der Waals surface area contributed by atoms with Crippen LogP contribution in [0.4, 0.5) is 0 Å². The Labute approximate surface area is 112 Å². The number of hydrogen-bond acceptors (Lipinski definition) is 1. The van der Waals surface area contributed by atoms with Gasteiger partial charge in [-0.25, -0.2) is 0 Å². The molecule has 2 aromatic carbocycles. The zero-order valence-electron chi connectivity index (χ0n) is 10.6. The van der Waals surface area contributed by atoms with Crippen molar-refractivity contribution in [3.8, 4) is 0 Å². The molecule has 2 aromatic rings. The van der Waals surface area contributed by atoms with Gasteiger partial charge in [0.2, 0.25) is 0 Å². The maximum absolute atomic E-state index is 11.5. The lowest BCUT2D eigenvalue weighted by molar-refractivity contribution is -0.142. The molecule has 0 amide bonds. The lowest BCUT2D eigenvalue weighted by Crippen LogP contribution is -2.28. The first-order chi connectivity index (χ1) is 9.27. The predicted octanol–water partition coefficient (Wildman–Crippen LogP) is 3.47. The molecule has 1 aliphatic rings. The van der Waals surface area contributed by atoms with Crippen LogP contribution in [-0.4, -0.2) is 11.1 Å². The predicted molar refractivity (Wildman–Crippen MR) is 74.2 cm³/mol. The van der Waals surface area contributed by atoms with Crippen LogP contribution in [0, 0.1) is 5.92 Å². The molecule has 2 atom stereocenters. The average molecular weight is 252 g/mol. The standard InChI is InChI=1S/C17H16O2/c18-17(19)15-11-10-12-6-4-5-9-14(12)16(15)13-7-2-1-3-8-13/h1-9,15-16H,10-11H2,(H,18,19). The van der Waals surface area contributed by atoms with Gasteiger partial charge in [-0.2, -0.15) is 0 Å². The van der Waals surface area contributed by atoms with Gasteiger partial charge in [-0.1, -0.05) is 54.6 Å². The third-order valence-electron chi connectivity index (χ3n) is 3.99. The Morgan fingerprint density at radius 1 is 1.00 bits per heavy atom. The Hall–Kier alpha value is -2.09. The van der Waals surface area contributed by atoms with Gasteiger partial charge >= 0.3 is 5.97 Å². The van der Waals surface area contributed by atoms with Crippen LogP contribution in [-0.2, 0) is 11.2 Å². The minimum Gasteiger partial charge on any atom is -0.481 e. The fourth-order valence-electron chi connectivity index (χ4n) is 3.10. The first-order valence-corrected chi connectivity index (χ1v) is 6.63. The minimum atomic E-state index is -0.691. The number of carboxylic acid groups (broad SMARTS) is 1. The Morgan fingerprint density at radius 3 is 2.42 bits per heavy atom. The molecule has 0 radical (unpaired) electrons. The Bertz CT molecular complexity index is 589. The van der Waals surface area contributed by atoms with Crippen LogP contribution in [0.15, 0.2) is 54.6 Å². The topological polar surface area (TPSA) is 37.3 Å². The van der Waals surface area contributed by atoms with Crippen molar-refractivity contribution in [3.05, 3.63) is 71.3 Å². The average Bonchev–Trinajstić information content (AvgIpc) is 2.46. The number of fused-ring (bicyclic) bond motifs is 1. The van der Waals surface area contributed by atoms with Crippen molar-refractivity contribution >= 4 is 5.97 Å². The molecule has 0 bridgehead atoms. The summed E-state index contributed by atoms with van der Waals surface area (Å²) in [5.74, 6) is -1.04. The van der Waals surface area contributed by atoms with E-state index in [4.69, 9.17) is 0 Å². The van der Waals surface area contributed by atoms with Crippen molar-refractivity contribution in [3.63, 3.8) is 0 Å². The molecule has 3 rings (SSSR count). The quantitative estimate of drug-likeness (QED) is 0.888. The number of benzene rings is 2. The fourth-order valence-corrected chi connectivity index (χ4v) is 3.10. The van der Waals surface area contributed by atoms with Crippen molar-refractivity contribution in [1.29, 1.82) is 0 Å². The van der Waals surface area contributed by atoms with Gasteiger partial charge < -0.3 is 5.11 Å². The van der Waals surface area contributed by atoms with E-state index in [2.05, 4.69) is 12.1 Å². The molecule has 0 heterocycles. The van der Waals surface area contributed by atoms with Gasteiger partial charge in [-0.3, -0.25) is 4.79 Å². The van der Waals surface area contributed by atoms with E-state index in [1.165, 1.54) is 11.1 Å². The summed E-state index contributed by atoms with van der Waals surface area (Å²) < 4.78 is 0. The summed E-state index contributed by atoms with van der Waals surface area (Å²) >= 11 is 0. The summed E-state index contributed by atoms with van der Waals surface area (Å²) in [7, 11) is 0. The molecule has 0 aliphatic heterocycles. The highest BCUT2D eigenvalue weighted by Crippen LogP contribution is 2.40. The second kappa shape index (κ2) is 4.88. The fraction of sp³-hybridized carbons (Fsp3) is 0.235. The largest absolute Gasteiger partial charge is 0.481 e. The first kappa shape index (κ1) is 12.0. The summed E-state index contributed by atoms with van der Waals surface area (Å²) in [6, 6.07) is 18.2. The van der Waals surface area contributed by atoms with Crippen molar-refractivity contribution in [2.45, 2.75) is 18.8 Å². The SMILES string of the molecule is O=C(O)C1CCc2ccccc2C1c1ccccc1. The zero-order valence-corrected chi connectivity index (χ0v) is 10.6. The molecule has 0 aromatic heterocycles. The van der Waals surface area contributed by atoms with E-state index in [1.807, 2.05) is 42.5 Å².